The highest BCUT2D eigenvalue weighted by molar-refractivity contribution is 9.10. The van der Waals surface area contributed by atoms with Crippen molar-refractivity contribution in [3.63, 3.8) is 0 Å². The van der Waals surface area contributed by atoms with E-state index in [0.29, 0.717) is 28.0 Å². The number of benzene rings is 1. The second-order valence-corrected chi connectivity index (χ2v) is 5.12. The SMILES string of the molecule is CCC(=O)Nc1cccc(NC(=O)c2ncccc2Br)c1. The van der Waals surface area contributed by atoms with Gasteiger partial charge in [0.05, 0.1) is 0 Å². The Morgan fingerprint density at radius 3 is 2.52 bits per heavy atom. The van der Waals surface area contributed by atoms with E-state index in [2.05, 4.69) is 31.5 Å². The van der Waals surface area contributed by atoms with Gasteiger partial charge in [-0.3, -0.25) is 9.59 Å². The Kier molecular flexibility index (Phi) is 5.05. The lowest BCUT2D eigenvalue weighted by Gasteiger charge is -2.08. The van der Waals surface area contributed by atoms with Gasteiger partial charge in [0.1, 0.15) is 5.69 Å². The number of hydrogen-bond donors (Lipinski definition) is 2. The Hall–Kier alpha value is -2.21. The normalized spacial score (nSPS) is 10.0. The van der Waals surface area contributed by atoms with E-state index in [-0.39, 0.29) is 11.8 Å². The molecule has 0 aliphatic carbocycles. The molecule has 1 heterocycles. The minimum Gasteiger partial charge on any atom is -0.326 e. The molecule has 0 aliphatic rings. The van der Waals surface area contributed by atoms with Crippen LogP contribution in [0.3, 0.4) is 0 Å². The van der Waals surface area contributed by atoms with E-state index < -0.39 is 0 Å². The van der Waals surface area contributed by atoms with Gasteiger partial charge in [-0.2, -0.15) is 0 Å². The van der Waals surface area contributed by atoms with E-state index in [1.54, 1.807) is 49.5 Å². The van der Waals surface area contributed by atoms with Crippen LogP contribution in [0, 0.1) is 0 Å². The molecule has 2 rings (SSSR count). The minimum atomic E-state index is -0.318. The zero-order chi connectivity index (χ0) is 15.2. The van der Waals surface area contributed by atoms with Crippen LogP contribution in [0.4, 0.5) is 11.4 Å². The van der Waals surface area contributed by atoms with Crippen molar-refractivity contribution in [2.24, 2.45) is 0 Å². The molecule has 5 nitrogen and oxygen atoms in total. The zero-order valence-electron chi connectivity index (χ0n) is 11.4. The summed E-state index contributed by atoms with van der Waals surface area (Å²) in [7, 11) is 0. The Labute approximate surface area is 130 Å². The summed E-state index contributed by atoms with van der Waals surface area (Å²) in [6, 6.07) is 10.5. The monoisotopic (exact) mass is 347 g/mol. The van der Waals surface area contributed by atoms with Gasteiger partial charge in [0.2, 0.25) is 5.91 Å². The van der Waals surface area contributed by atoms with Crippen LogP contribution in [-0.2, 0) is 4.79 Å². The number of aromatic nitrogens is 1. The summed E-state index contributed by atoms with van der Waals surface area (Å²) < 4.78 is 0.623. The van der Waals surface area contributed by atoms with Crippen molar-refractivity contribution in [2.75, 3.05) is 10.6 Å². The average molecular weight is 348 g/mol. The van der Waals surface area contributed by atoms with Crippen molar-refractivity contribution in [2.45, 2.75) is 13.3 Å². The third-order valence-electron chi connectivity index (χ3n) is 2.70. The summed E-state index contributed by atoms with van der Waals surface area (Å²) in [4.78, 5) is 27.5. The maximum atomic E-state index is 12.1. The number of anilines is 2. The first kappa shape index (κ1) is 15.2. The number of amides is 2. The van der Waals surface area contributed by atoms with Gasteiger partial charge in [-0.1, -0.05) is 13.0 Å². The first-order chi connectivity index (χ1) is 10.1. The highest BCUT2D eigenvalue weighted by Crippen LogP contribution is 2.18. The highest BCUT2D eigenvalue weighted by atomic mass is 79.9. The maximum Gasteiger partial charge on any atom is 0.275 e. The first-order valence-corrected chi connectivity index (χ1v) is 7.21. The number of pyridine rings is 1. The standard InChI is InChI=1S/C15H14BrN3O2/c1-2-13(20)18-10-5-3-6-11(9-10)19-15(21)14-12(16)7-4-8-17-14/h3-9H,2H2,1H3,(H,18,20)(H,19,21). The lowest BCUT2D eigenvalue weighted by Crippen LogP contribution is -2.15. The van der Waals surface area contributed by atoms with Crippen LogP contribution in [0.2, 0.25) is 0 Å². The van der Waals surface area contributed by atoms with Crippen molar-refractivity contribution < 1.29 is 9.59 Å². The van der Waals surface area contributed by atoms with E-state index in [1.807, 2.05) is 0 Å². The van der Waals surface area contributed by atoms with E-state index in [9.17, 15) is 9.59 Å². The highest BCUT2D eigenvalue weighted by Gasteiger charge is 2.11. The van der Waals surface area contributed by atoms with Crippen molar-refractivity contribution in [1.29, 1.82) is 0 Å². The van der Waals surface area contributed by atoms with Gasteiger partial charge in [-0.15, -0.1) is 0 Å². The molecule has 21 heavy (non-hydrogen) atoms. The largest absolute Gasteiger partial charge is 0.326 e. The molecule has 1 aromatic heterocycles. The molecule has 2 N–H and O–H groups in total. The number of carbonyl (C=O) groups is 2. The maximum absolute atomic E-state index is 12.1. The van der Waals surface area contributed by atoms with E-state index in [0.717, 1.165) is 0 Å². The number of halogens is 1. The summed E-state index contributed by atoms with van der Waals surface area (Å²) in [5, 5.41) is 5.49. The van der Waals surface area contributed by atoms with Crippen molar-refractivity contribution >= 4 is 39.1 Å². The molecule has 0 radical (unpaired) electrons. The molecular formula is C15H14BrN3O2. The lowest BCUT2D eigenvalue weighted by molar-refractivity contribution is -0.115. The quantitative estimate of drug-likeness (QED) is 0.889. The average Bonchev–Trinajstić information content (AvgIpc) is 2.47. The van der Waals surface area contributed by atoms with Crippen LogP contribution in [-0.4, -0.2) is 16.8 Å². The second kappa shape index (κ2) is 6.99. The van der Waals surface area contributed by atoms with Gasteiger partial charge in [-0.25, -0.2) is 4.98 Å². The fourth-order valence-corrected chi connectivity index (χ4v) is 2.10. The van der Waals surface area contributed by atoms with Gasteiger partial charge in [0.25, 0.3) is 5.91 Å². The van der Waals surface area contributed by atoms with Crippen molar-refractivity contribution in [3.05, 3.63) is 52.8 Å². The first-order valence-electron chi connectivity index (χ1n) is 6.42. The van der Waals surface area contributed by atoms with Crippen LogP contribution in [0.5, 0.6) is 0 Å². The van der Waals surface area contributed by atoms with Crippen molar-refractivity contribution in [3.8, 4) is 0 Å². The summed E-state index contributed by atoms with van der Waals surface area (Å²) in [5.41, 5.74) is 1.53. The minimum absolute atomic E-state index is 0.0778. The topological polar surface area (TPSA) is 71.1 Å². The third kappa shape index (κ3) is 4.13. The van der Waals surface area contributed by atoms with Gasteiger partial charge in [0.15, 0.2) is 0 Å². The number of carbonyl (C=O) groups excluding carboxylic acids is 2. The molecule has 0 unspecified atom stereocenters. The Balaban J connectivity index is 2.13. The number of nitrogens with zero attached hydrogens (tertiary/aromatic N) is 1. The van der Waals surface area contributed by atoms with Crippen LogP contribution in [0.25, 0.3) is 0 Å². The summed E-state index contributed by atoms with van der Waals surface area (Å²) in [5.74, 6) is -0.396. The van der Waals surface area contributed by atoms with Crippen molar-refractivity contribution in [1.82, 2.24) is 4.98 Å². The molecule has 0 aliphatic heterocycles. The lowest BCUT2D eigenvalue weighted by atomic mass is 10.2. The predicted molar refractivity (Wildman–Crippen MR) is 85.3 cm³/mol. The molecular weight excluding hydrogens is 334 g/mol. The Bertz CT molecular complexity index is 673. The second-order valence-electron chi connectivity index (χ2n) is 4.27. The van der Waals surface area contributed by atoms with Gasteiger partial charge in [-0.05, 0) is 46.3 Å². The van der Waals surface area contributed by atoms with Crippen LogP contribution < -0.4 is 10.6 Å². The molecule has 6 heteroatoms. The molecule has 0 fully saturated rings. The summed E-state index contributed by atoms with van der Waals surface area (Å²) in [6.45, 7) is 1.78. The van der Waals surface area contributed by atoms with E-state index in [4.69, 9.17) is 0 Å². The molecule has 108 valence electrons. The molecule has 0 bridgehead atoms. The third-order valence-corrected chi connectivity index (χ3v) is 3.34. The summed E-state index contributed by atoms with van der Waals surface area (Å²) in [6.07, 6.45) is 1.95. The Morgan fingerprint density at radius 1 is 1.14 bits per heavy atom. The zero-order valence-corrected chi connectivity index (χ0v) is 13.0. The summed E-state index contributed by atoms with van der Waals surface area (Å²) >= 11 is 3.29. The van der Waals surface area contributed by atoms with Crippen LogP contribution in [0.15, 0.2) is 47.1 Å². The fourth-order valence-electron chi connectivity index (χ4n) is 1.67. The van der Waals surface area contributed by atoms with Gasteiger partial charge >= 0.3 is 0 Å². The number of hydrogen-bond acceptors (Lipinski definition) is 3. The molecule has 0 spiro atoms. The van der Waals surface area contributed by atoms with Crippen LogP contribution in [0.1, 0.15) is 23.8 Å². The van der Waals surface area contributed by atoms with E-state index in [1.165, 1.54) is 0 Å². The van der Waals surface area contributed by atoms with Crippen LogP contribution >= 0.6 is 15.9 Å². The van der Waals surface area contributed by atoms with Gasteiger partial charge < -0.3 is 10.6 Å². The molecule has 2 aromatic rings. The molecule has 1 aromatic carbocycles. The molecule has 0 atom stereocenters. The predicted octanol–water partition coefficient (Wildman–Crippen LogP) is 3.44. The Morgan fingerprint density at radius 2 is 1.86 bits per heavy atom. The molecule has 0 saturated heterocycles. The smallest absolute Gasteiger partial charge is 0.275 e. The fraction of sp³-hybridized carbons (Fsp3) is 0.133. The molecule has 0 saturated carbocycles. The van der Waals surface area contributed by atoms with E-state index >= 15 is 0 Å². The van der Waals surface area contributed by atoms with Gasteiger partial charge in [0, 0.05) is 28.5 Å². The number of rotatable bonds is 4. The molecule has 2 amide bonds. The number of nitrogens with one attached hydrogen (secondary N) is 2.